The monoisotopic (exact) mass is 238 g/mol. The van der Waals surface area contributed by atoms with E-state index in [2.05, 4.69) is 17.3 Å². The van der Waals surface area contributed by atoms with E-state index < -0.39 is 0 Å². The van der Waals surface area contributed by atoms with Gasteiger partial charge in [0, 0.05) is 19.4 Å². The smallest absolute Gasteiger partial charge is 0.126 e. The molecule has 17 heavy (non-hydrogen) atoms. The van der Waals surface area contributed by atoms with Gasteiger partial charge in [-0.1, -0.05) is 45.4 Å². The maximum atomic E-state index is 5.59. The Morgan fingerprint density at radius 1 is 1.29 bits per heavy atom. The van der Waals surface area contributed by atoms with E-state index in [1.54, 1.807) is 0 Å². The van der Waals surface area contributed by atoms with E-state index in [1.165, 1.54) is 38.5 Å². The van der Waals surface area contributed by atoms with Crippen LogP contribution in [0.25, 0.3) is 0 Å². The van der Waals surface area contributed by atoms with Gasteiger partial charge >= 0.3 is 0 Å². The largest absolute Gasteiger partial charge is 0.337 e. The molecule has 1 rings (SSSR count). The normalized spacial score (nSPS) is 12.9. The van der Waals surface area contributed by atoms with Crippen molar-refractivity contribution >= 4 is 0 Å². The highest BCUT2D eigenvalue weighted by atomic mass is 15.3. The first-order valence-electron chi connectivity index (χ1n) is 6.73. The van der Waals surface area contributed by atoms with Crippen LogP contribution in [0.3, 0.4) is 0 Å². The van der Waals surface area contributed by atoms with Crippen LogP contribution in [0, 0.1) is 0 Å². The van der Waals surface area contributed by atoms with E-state index in [9.17, 15) is 0 Å². The number of hydrogen-bond donors (Lipinski definition) is 2. The maximum absolute atomic E-state index is 5.59. The van der Waals surface area contributed by atoms with Crippen LogP contribution >= 0.6 is 0 Å². The first-order chi connectivity index (χ1) is 8.29. The van der Waals surface area contributed by atoms with Gasteiger partial charge < -0.3 is 4.57 Å². The predicted molar refractivity (Wildman–Crippen MR) is 71.3 cm³/mol. The van der Waals surface area contributed by atoms with E-state index in [0.717, 1.165) is 12.2 Å². The maximum Gasteiger partial charge on any atom is 0.126 e. The first-order valence-corrected chi connectivity index (χ1v) is 6.73. The Hall–Kier alpha value is -0.870. The Bertz CT molecular complexity index is 295. The number of unbranched alkanes of at least 4 members (excludes halogenated alkanes) is 5. The number of imidazole rings is 1. The van der Waals surface area contributed by atoms with Crippen LogP contribution in [0.15, 0.2) is 12.4 Å². The summed E-state index contributed by atoms with van der Waals surface area (Å²) in [6.07, 6.45) is 12.7. The number of hydrogen-bond acceptors (Lipinski definition) is 3. The lowest BCUT2D eigenvalue weighted by Gasteiger charge is -2.15. The number of nitrogens with zero attached hydrogens (tertiary/aromatic N) is 2. The standard InChI is InChI=1S/C13H26N4/c1-3-4-5-6-7-8-9-12(16-14)13-15-10-11-17(13)2/h10-12,16H,3-9,14H2,1-2H3. The summed E-state index contributed by atoms with van der Waals surface area (Å²) >= 11 is 0. The molecule has 0 aliphatic heterocycles. The van der Waals surface area contributed by atoms with Gasteiger partial charge in [0.25, 0.3) is 0 Å². The molecule has 1 aromatic rings. The summed E-state index contributed by atoms with van der Waals surface area (Å²) in [7, 11) is 2.01. The molecule has 1 atom stereocenters. The molecule has 4 nitrogen and oxygen atoms in total. The molecule has 0 radical (unpaired) electrons. The molecule has 0 aromatic carbocycles. The SMILES string of the molecule is CCCCCCCCC(NN)c1nccn1C. The molecule has 1 aromatic heterocycles. The lowest BCUT2D eigenvalue weighted by Crippen LogP contribution is -2.30. The number of nitrogens with one attached hydrogen (secondary N) is 1. The molecule has 0 bridgehead atoms. The summed E-state index contributed by atoms with van der Waals surface area (Å²) in [5, 5.41) is 0. The van der Waals surface area contributed by atoms with Crippen molar-refractivity contribution in [1.29, 1.82) is 0 Å². The molecule has 0 saturated heterocycles. The van der Waals surface area contributed by atoms with Gasteiger partial charge in [-0.15, -0.1) is 0 Å². The highest BCUT2D eigenvalue weighted by molar-refractivity contribution is 4.97. The Labute approximate surface area is 105 Å². The Balaban J connectivity index is 2.22. The molecule has 4 heteroatoms. The molecule has 0 spiro atoms. The van der Waals surface area contributed by atoms with Crippen molar-refractivity contribution < 1.29 is 0 Å². The summed E-state index contributed by atoms with van der Waals surface area (Å²) in [5.41, 5.74) is 2.86. The minimum absolute atomic E-state index is 0.182. The van der Waals surface area contributed by atoms with E-state index in [0.29, 0.717) is 0 Å². The third-order valence-corrected chi connectivity index (χ3v) is 3.22. The fraction of sp³-hybridized carbons (Fsp3) is 0.769. The molecule has 98 valence electrons. The number of nitrogens with two attached hydrogens (primary N) is 1. The second-order valence-electron chi connectivity index (χ2n) is 4.67. The molecule has 0 aliphatic rings. The summed E-state index contributed by atoms with van der Waals surface area (Å²) in [4.78, 5) is 4.34. The molecule has 0 amide bonds. The summed E-state index contributed by atoms with van der Waals surface area (Å²) in [6, 6.07) is 0.182. The van der Waals surface area contributed by atoms with Gasteiger partial charge in [-0.2, -0.15) is 0 Å². The number of aryl methyl sites for hydroxylation is 1. The predicted octanol–water partition coefficient (Wildman–Crippen LogP) is 2.68. The van der Waals surface area contributed by atoms with Crippen molar-refractivity contribution in [2.75, 3.05) is 0 Å². The quantitative estimate of drug-likeness (QED) is 0.395. The second-order valence-corrected chi connectivity index (χ2v) is 4.67. The van der Waals surface area contributed by atoms with Crippen molar-refractivity contribution in [3.05, 3.63) is 18.2 Å². The van der Waals surface area contributed by atoms with Gasteiger partial charge in [0.15, 0.2) is 0 Å². The van der Waals surface area contributed by atoms with Gasteiger partial charge in [0.1, 0.15) is 5.82 Å². The highest BCUT2D eigenvalue weighted by Gasteiger charge is 2.13. The van der Waals surface area contributed by atoms with Crippen molar-refractivity contribution in [2.45, 2.75) is 57.9 Å². The fourth-order valence-electron chi connectivity index (χ4n) is 2.13. The molecule has 0 saturated carbocycles. The van der Waals surface area contributed by atoms with Crippen molar-refractivity contribution in [3.8, 4) is 0 Å². The van der Waals surface area contributed by atoms with Gasteiger partial charge in [-0.25, -0.2) is 10.4 Å². The molecule has 1 heterocycles. The van der Waals surface area contributed by atoms with Crippen molar-refractivity contribution in [1.82, 2.24) is 15.0 Å². The van der Waals surface area contributed by atoms with E-state index in [1.807, 2.05) is 24.0 Å². The fourth-order valence-corrected chi connectivity index (χ4v) is 2.13. The zero-order valence-electron chi connectivity index (χ0n) is 11.2. The third-order valence-electron chi connectivity index (χ3n) is 3.22. The second kappa shape index (κ2) is 8.25. The van der Waals surface area contributed by atoms with Crippen LogP contribution in [0.2, 0.25) is 0 Å². The van der Waals surface area contributed by atoms with Gasteiger partial charge in [-0.05, 0) is 6.42 Å². The van der Waals surface area contributed by atoms with Gasteiger partial charge in [0.05, 0.1) is 6.04 Å². The molecule has 1 unspecified atom stereocenters. The zero-order chi connectivity index (χ0) is 12.5. The van der Waals surface area contributed by atoms with Crippen LogP contribution in [0.4, 0.5) is 0 Å². The average Bonchev–Trinajstić information content (AvgIpc) is 2.75. The van der Waals surface area contributed by atoms with Crippen LogP contribution < -0.4 is 11.3 Å². The number of rotatable bonds is 9. The number of aromatic nitrogens is 2. The van der Waals surface area contributed by atoms with E-state index >= 15 is 0 Å². The van der Waals surface area contributed by atoms with E-state index in [-0.39, 0.29) is 6.04 Å². The average molecular weight is 238 g/mol. The van der Waals surface area contributed by atoms with Crippen LogP contribution in [-0.2, 0) is 7.05 Å². The van der Waals surface area contributed by atoms with Crippen LogP contribution in [0.5, 0.6) is 0 Å². The third kappa shape index (κ3) is 4.88. The highest BCUT2D eigenvalue weighted by Crippen LogP contribution is 2.17. The minimum Gasteiger partial charge on any atom is -0.337 e. The summed E-state index contributed by atoms with van der Waals surface area (Å²) in [5.74, 6) is 6.62. The molecule has 3 N–H and O–H groups in total. The Kier molecular flexibility index (Phi) is 6.89. The lowest BCUT2D eigenvalue weighted by atomic mass is 10.1. The van der Waals surface area contributed by atoms with Crippen LogP contribution in [-0.4, -0.2) is 9.55 Å². The summed E-state index contributed by atoms with van der Waals surface area (Å²) < 4.78 is 2.03. The lowest BCUT2D eigenvalue weighted by molar-refractivity contribution is 0.449. The molecule has 0 aliphatic carbocycles. The molecular weight excluding hydrogens is 212 g/mol. The van der Waals surface area contributed by atoms with Crippen molar-refractivity contribution in [2.24, 2.45) is 12.9 Å². The summed E-state index contributed by atoms with van der Waals surface area (Å²) in [6.45, 7) is 2.25. The zero-order valence-corrected chi connectivity index (χ0v) is 11.2. The van der Waals surface area contributed by atoms with Gasteiger partial charge in [-0.3, -0.25) is 5.84 Å². The van der Waals surface area contributed by atoms with Crippen LogP contribution in [0.1, 0.15) is 63.7 Å². The topological polar surface area (TPSA) is 55.9 Å². The van der Waals surface area contributed by atoms with Gasteiger partial charge in [0.2, 0.25) is 0 Å². The molecule has 0 fully saturated rings. The van der Waals surface area contributed by atoms with Crippen molar-refractivity contribution in [3.63, 3.8) is 0 Å². The molecular formula is C13H26N4. The van der Waals surface area contributed by atoms with E-state index in [4.69, 9.17) is 5.84 Å². The Morgan fingerprint density at radius 3 is 2.59 bits per heavy atom. The minimum atomic E-state index is 0.182. The first kappa shape index (κ1) is 14.2. The number of hydrazine groups is 1. The Morgan fingerprint density at radius 2 is 2.00 bits per heavy atom.